The van der Waals surface area contributed by atoms with Crippen LogP contribution in [0.3, 0.4) is 0 Å². The molecule has 0 amide bonds. The van der Waals surface area contributed by atoms with Gasteiger partial charge >= 0.3 is 0 Å². The van der Waals surface area contributed by atoms with Crippen LogP contribution < -0.4 is 5.73 Å². The van der Waals surface area contributed by atoms with E-state index in [9.17, 15) is 0 Å². The highest BCUT2D eigenvalue weighted by atomic mass is 16.3. The number of benzene rings is 1. The molecule has 0 bridgehead atoms. The summed E-state index contributed by atoms with van der Waals surface area (Å²) in [6.45, 7) is 0.116. The molecule has 14 heavy (non-hydrogen) atoms. The van der Waals surface area contributed by atoms with E-state index < -0.39 is 0 Å². The molecule has 2 aromatic rings. The first-order valence-electron chi connectivity index (χ1n) is 4.65. The van der Waals surface area contributed by atoms with Gasteiger partial charge < -0.3 is 15.3 Å². The van der Waals surface area contributed by atoms with E-state index in [1.54, 1.807) is 6.26 Å². The number of aliphatic hydroxyl groups excluding tert-OH is 1. The molecule has 3 nitrogen and oxygen atoms in total. The van der Waals surface area contributed by atoms with Gasteiger partial charge in [-0.1, -0.05) is 6.07 Å². The monoisotopic (exact) mass is 191 g/mol. The Morgan fingerprint density at radius 3 is 3.00 bits per heavy atom. The number of rotatable bonds is 3. The zero-order valence-electron chi connectivity index (χ0n) is 7.81. The van der Waals surface area contributed by atoms with Gasteiger partial charge in [0.1, 0.15) is 5.58 Å². The number of fused-ring (bicyclic) bond motifs is 1. The van der Waals surface area contributed by atoms with Gasteiger partial charge in [-0.2, -0.15) is 0 Å². The molecule has 74 valence electrons. The molecule has 1 aromatic carbocycles. The maximum absolute atomic E-state index is 8.77. The summed E-state index contributed by atoms with van der Waals surface area (Å²) in [5.74, 6) is 0. The molecule has 0 spiro atoms. The van der Waals surface area contributed by atoms with Crippen molar-refractivity contribution in [2.75, 3.05) is 6.61 Å². The van der Waals surface area contributed by atoms with E-state index in [1.807, 2.05) is 24.3 Å². The van der Waals surface area contributed by atoms with Crippen LogP contribution in [-0.4, -0.2) is 11.7 Å². The van der Waals surface area contributed by atoms with Gasteiger partial charge in [-0.15, -0.1) is 0 Å². The highest BCUT2D eigenvalue weighted by molar-refractivity contribution is 5.77. The van der Waals surface area contributed by atoms with Crippen molar-refractivity contribution < 1.29 is 9.52 Å². The van der Waals surface area contributed by atoms with Crippen molar-refractivity contribution in [1.82, 2.24) is 0 Å². The predicted molar refractivity (Wildman–Crippen MR) is 54.8 cm³/mol. The first kappa shape index (κ1) is 9.24. The minimum Gasteiger partial charge on any atom is -0.464 e. The van der Waals surface area contributed by atoms with Gasteiger partial charge in [0.25, 0.3) is 0 Å². The number of nitrogens with two attached hydrogens (primary N) is 1. The molecule has 0 unspecified atom stereocenters. The molecule has 2 rings (SSSR count). The van der Waals surface area contributed by atoms with Gasteiger partial charge in [-0.25, -0.2) is 0 Å². The lowest BCUT2D eigenvalue weighted by Crippen LogP contribution is -2.11. The molecule has 0 aliphatic carbocycles. The van der Waals surface area contributed by atoms with Gasteiger partial charge in [0, 0.05) is 18.0 Å². The van der Waals surface area contributed by atoms with E-state index in [1.165, 1.54) is 0 Å². The van der Waals surface area contributed by atoms with Gasteiger partial charge in [0.15, 0.2) is 0 Å². The Balaban J connectivity index is 2.33. The Morgan fingerprint density at radius 2 is 2.21 bits per heavy atom. The zero-order valence-corrected chi connectivity index (χ0v) is 7.81. The second-order valence-electron chi connectivity index (χ2n) is 3.34. The molecule has 1 aromatic heterocycles. The summed E-state index contributed by atoms with van der Waals surface area (Å²) in [6, 6.07) is 7.65. The Kier molecular flexibility index (Phi) is 2.52. The average molecular weight is 191 g/mol. The van der Waals surface area contributed by atoms with E-state index in [2.05, 4.69) is 0 Å². The molecule has 0 saturated heterocycles. The van der Waals surface area contributed by atoms with Crippen LogP contribution in [0.5, 0.6) is 0 Å². The topological polar surface area (TPSA) is 59.4 Å². The summed E-state index contributed by atoms with van der Waals surface area (Å²) in [4.78, 5) is 0. The van der Waals surface area contributed by atoms with Crippen molar-refractivity contribution >= 4 is 11.0 Å². The van der Waals surface area contributed by atoms with Crippen molar-refractivity contribution in [3.63, 3.8) is 0 Å². The first-order valence-corrected chi connectivity index (χ1v) is 4.65. The highest BCUT2D eigenvalue weighted by Gasteiger charge is 2.06. The fraction of sp³-hybridized carbons (Fsp3) is 0.273. The zero-order chi connectivity index (χ0) is 9.97. The molecule has 0 radical (unpaired) electrons. The van der Waals surface area contributed by atoms with Gasteiger partial charge in [0.2, 0.25) is 0 Å². The Bertz CT molecular complexity index is 422. The van der Waals surface area contributed by atoms with Crippen LogP contribution in [0.15, 0.2) is 34.9 Å². The summed E-state index contributed by atoms with van der Waals surface area (Å²) in [5.41, 5.74) is 7.78. The van der Waals surface area contributed by atoms with E-state index in [0.717, 1.165) is 16.5 Å². The smallest absolute Gasteiger partial charge is 0.133 e. The molecule has 0 aliphatic heterocycles. The third kappa shape index (κ3) is 1.64. The van der Waals surface area contributed by atoms with Crippen LogP contribution in [0, 0.1) is 0 Å². The predicted octanol–water partition coefficient (Wildman–Crippen LogP) is 1.81. The second-order valence-corrected chi connectivity index (χ2v) is 3.34. The fourth-order valence-corrected chi connectivity index (χ4v) is 1.52. The van der Waals surface area contributed by atoms with E-state index in [4.69, 9.17) is 15.3 Å². The van der Waals surface area contributed by atoms with Crippen LogP contribution in [-0.2, 0) is 0 Å². The Labute approximate surface area is 82.1 Å². The quantitative estimate of drug-likeness (QED) is 0.777. The highest BCUT2D eigenvalue weighted by Crippen LogP contribution is 2.21. The summed E-state index contributed by atoms with van der Waals surface area (Å²) < 4.78 is 5.22. The van der Waals surface area contributed by atoms with E-state index in [0.29, 0.717) is 6.42 Å². The molecule has 3 heteroatoms. The maximum atomic E-state index is 8.77. The van der Waals surface area contributed by atoms with Crippen molar-refractivity contribution in [3.8, 4) is 0 Å². The molecule has 0 fully saturated rings. The van der Waals surface area contributed by atoms with Crippen LogP contribution in [0.25, 0.3) is 11.0 Å². The van der Waals surface area contributed by atoms with Crippen LogP contribution >= 0.6 is 0 Å². The molecular weight excluding hydrogens is 178 g/mol. The van der Waals surface area contributed by atoms with Crippen molar-refractivity contribution in [2.45, 2.75) is 12.5 Å². The molecule has 3 N–H and O–H groups in total. The molecular formula is C11H13NO2. The second kappa shape index (κ2) is 3.82. The van der Waals surface area contributed by atoms with Crippen LogP contribution in [0.4, 0.5) is 0 Å². The first-order chi connectivity index (χ1) is 6.81. The van der Waals surface area contributed by atoms with Gasteiger partial charge in [-0.05, 0) is 30.2 Å². The van der Waals surface area contributed by atoms with E-state index in [-0.39, 0.29) is 12.6 Å². The average Bonchev–Trinajstić information content (AvgIpc) is 2.64. The summed E-state index contributed by atoms with van der Waals surface area (Å²) >= 11 is 0. The lowest BCUT2D eigenvalue weighted by Gasteiger charge is -2.09. The molecule has 1 atom stereocenters. The largest absolute Gasteiger partial charge is 0.464 e. The minimum atomic E-state index is -0.0979. The molecule has 0 aliphatic rings. The lowest BCUT2D eigenvalue weighted by atomic mass is 10.0. The Morgan fingerprint density at radius 1 is 1.36 bits per heavy atom. The van der Waals surface area contributed by atoms with Gasteiger partial charge in [-0.3, -0.25) is 0 Å². The van der Waals surface area contributed by atoms with Crippen LogP contribution in [0.2, 0.25) is 0 Å². The normalized spacial score (nSPS) is 13.3. The third-order valence-electron chi connectivity index (χ3n) is 2.34. The third-order valence-corrected chi connectivity index (χ3v) is 2.34. The number of hydrogen-bond acceptors (Lipinski definition) is 3. The lowest BCUT2D eigenvalue weighted by molar-refractivity contribution is 0.276. The summed E-state index contributed by atoms with van der Waals surface area (Å²) in [5, 5.41) is 9.82. The van der Waals surface area contributed by atoms with E-state index >= 15 is 0 Å². The van der Waals surface area contributed by atoms with Crippen LogP contribution in [0.1, 0.15) is 18.0 Å². The van der Waals surface area contributed by atoms with Crippen molar-refractivity contribution in [3.05, 3.63) is 36.1 Å². The van der Waals surface area contributed by atoms with Gasteiger partial charge in [0.05, 0.1) is 6.26 Å². The number of furan rings is 1. The minimum absolute atomic E-state index is 0.0979. The SMILES string of the molecule is N[C@H](CCO)c1ccc2occc2c1. The Hall–Kier alpha value is -1.32. The fourth-order valence-electron chi connectivity index (χ4n) is 1.52. The summed E-state index contributed by atoms with van der Waals surface area (Å²) in [6.07, 6.45) is 2.25. The number of hydrogen-bond donors (Lipinski definition) is 2. The maximum Gasteiger partial charge on any atom is 0.133 e. The standard InChI is InChI=1S/C11H13NO2/c12-10(3-5-13)8-1-2-11-9(7-8)4-6-14-11/h1-2,4,6-7,10,13H,3,5,12H2/t10-/m1/s1. The molecule has 1 heterocycles. The number of aliphatic hydroxyl groups is 1. The summed E-state index contributed by atoms with van der Waals surface area (Å²) in [7, 11) is 0. The molecule has 0 saturated carbocycles. The van der Waals surface area contributed by atoms with Crippen molar-refractivity contribution in [2.24, 2.45) is 5.73 Å². The van der Waals surface area contributed by atoms with Crippen molar-refractivity contribution in [1.29, 1.82) is 0 Å².